The van der Waals surface area contributed by atoms with Gasteiger partial charge in [0.05, 0.1) is 0 Å². The van der Waals surface area contributed by atoms with Gasteiger partial charge in [0.25, 0.3) is 0 Å². The molecule has 17 heavy (non-hydrogen) atoms. The highest BCUT2D eigenvalue weighted by Gasteiger charge is 2.08. The summed E-state index contributed by atoms with van der Waals surface area (Å²) in [5.41, 5.74) is 1.95. The molecule has 0 radical (unpaired) electrons. The Balaban J connectivity index is 2.58. The van der Waals surface area contributed by atoms with Gasteiger partial charge in [-0.25, -0.2) is 4.79 Å². The van der Waals surface area contributed by atoms with Crippen LogP contribution in [0.5, 0.6) is 0 Å². The smallest absolute Gasteiger partial charge is 0.319 e. The highest BCUT2D eigenvalue weighted by molar-refractivity contribution is 5.90. The molecule has 3 N–H and O–H groups in total. The van der Waals surface area contributed by atoms with Crippen LogP contribution in [0.1, 0.15) is 31.7 Å². The fourth-order valence-electron chi connectivity index (χ4n) is 1.56. The largest absolute Gasteiger partial charge is 0.396 e. The number of benzene rings is 1. The first-order valence-electron chi connectivity index (χ1n) is 5.89. The molecule has 0 saturated heterocycles. The van der Waals surface area contributed by atoms with Crippen LogP contribution >= 0.6 is 0 Å². The van der Waals surface area contributed by atoms with Gasteiger partial charge in [0.15, 0.2) is 0 Å². The van der Waals surface area contributed by atoms with Crippen LogP contribution in [0.3, 0.4) is 0 Å². The summed E-state index contributed by atoms with van der Waals surface area (Å²) in [4.78, 5) is 11.6. The Labute approximate surface area is 102 Å². The van der Waals surface area contributed by atoms with Gasteiger partial charge in [0, 0.05) is 18.8 Å². The lowest BCUT2D eigenvalue weighted by Gasteiger charge is -2.13. The maximum Gasteiger partial charge on any atom is 0.319 e. The van der Waals surface area contributed by atoms with E-state index >= 15 is 0 Å². The van der Waals surface area contributed by atoms with E-state index in [0.717, 1.165) is 11.3 Å². The minimum absolute atomic E-state index is 0.0862. The molecule has 0 unspecified atom stereocenters. The number of amides is 2. The second kappa shape index (κ2) is 6.91. The van der Waals surface area contributed by atoms with Crippen molar-refractivity contribution in [2.24, 2.45) is 0 Å². The van der Waals surface area contributed by atoms with Crippen molar-refractivity contribution >= 4 is 11.7 Å². The molecule has 1 rings (SSSR count). The maximum atomic E-state index is 11.6. The third-order valence-electron chi connectivity index (χ3n) is 2.45. The molecule has 94 valence electrons. The maximum absolute atomic E-state index is 11.6. The second-order valence-corrected chi connectivity index (χ2v) is 4.20. The molecule has 4 nitrogen and oxygen atoms in total. The first-order chi connectivity index (χ1) is 8.15. The molecule has 2 amide bonds. The molecule has 0 saturated carbocycles. The van der Waals surface area contributed by atoms with Crippen LogP contribution in [0.15, 0.2) is 24.3 Å². The second-order valence-electron chi connectivity index (χ2n) is 4.20. The van der Waals surface area contributed by atoms with Crippen LogP contribution in [0.25, 0.3) is 0 Å². The molecule has 4 heteroatoms. The zero-order chi connectivity index (χ0) is 12.7. The van der Waals surface area contributed by atoms with Crippen LogP contribution in [0, 0.1) is 0 Å². The lowest BCUT2D eigenvalue weighted by Crippen LogP contribution is -2.30. The first-order valence-corrected chi connectivity index (χ1v) is 5.89. The van der Waals surface area contributed by atoms with Gasteiger partial charge in [0.2, 0.25) is 0 Å². The van der Waals surface area contributed by atoms with Crippen LogP contribution in [-0.2, 0) is 0 Å². The first kappa shape index (κ1) is 13.5. The molecule has 0 atom stereocenters. The molecule has 0 spiro atoms. The van der Waals surface area contributed by atoms with Gasteiger partial charge in [-0.3, -0.25) is 0 Å². The van der Waals surface area contributed by atoms with Crippen molar-refractivity contribution in [1.82, 2.24) is 5.32 Å². The summed E-state index contributed by atoms with van der Waals surface area (Å²) in [5, 5.41) is 14.1. The Hall–Kier alpha value is -1.55. The van der Waals surface area contributed by atoms with Crippen molar-refractivity contribution in [3.8, 4) is 0 Å². The Morgan fingerprint density at radius 2 is 2.06 bits per heavy atom. The van der Waals surface area contributed by atoms with Gasteiger partial charge >= 0.3 is 6.03 Å². The van der Waals surface area contributed by atoms with Crippen LogP contribution in [0.2, 0.25) is 0 Å². The van der Waals surface area contributed by atoms with E-state index in [1.165, 1.54) is 0 Å². The van der Waals surface area contributed by atoms with E-state index in [2.05, 4.69) is 24.5 Å². The lowest BCUT2D eigenvalue weighted by molar-refractivity contribution is 0.249. The summed E-state index contributed by atoms with van der Waals surface area (Å²) in [5.74, 6) is 0.365. The standard InChI is InChI=1S/C13H20N2O2/c1-10(2)11-6-3-4-7-12(11)15-13(17)14-8-5-9-16/h3-4,6-7,10,16H,5,8-9H2,1-2H3,(H2,14,15,17). The predicted octanol–water partition coefficient (Wildman–Crippen LogP) is 2.31. The van der Waals surface area contributed by atoms with E-state index in [9.17, 15) is 4.79 Å². The van der Waals surface area contributed by atoms with Crippen LogP contribution in [-0.4, -0.2) is 24.3 Å². The number of para-hydroxylation sites is 1. The van der Waals surface area contributed by atoms with E-state index in [-0.39, 0.29) is 12.6 Å². The number of hydrogen-bond donors (Lipinski definition) is 3. The average Bonchev–Trinajstić information content (AvgIpc) is 2.29. The molecule has 0 aliphatic heterocycles. The molecule has 0 aromatic heterocycles. The summed E-state index contributed by atoms with van der Waals surface area (Å²) in [6.45, 7) is 4.74. The summed E-state index contributed by atoms with van der Waals surface area (Å²) >= 11 is 0. The van der Waals surface area contributed by atoms with Crippen molar-refractivity contribution in [1.29, 1.82) is 0 Å². The number of hydrogen-bond acceptors (Lipinski definition) is 2. The fourth-order valence-corrected chi connectivity index (χ4v) is 1.56. The zero-order valence-corrected chi connectivity index (χ0v) is 10.4. The van der Waals surface area contributed by atoms with Crippen molar-refractivity contribution in [3.63, 3.8) is 0 Å². The summed E-state index contributed by atoms with van der Waals surface area (Å²) in [6.07, 6.45) is 0.569. The summed E-state index contributed by atoms with van der Waals surface area (Å²) in [7, 11) is 0. The topological polar surface area (TPSA) is 61.4 Å². The normalized spacial score (nSPS) is 10.4. The van der Waals surface area contributed by atoms with E-state index in [4.69, 9.17) is 5.11 Å². The number of aliphatic hydroxyl groups excluding tert-OH is 1. The molecule has 0 aliphatic carbocycles. The number of rotatable bonds is 5. The zero-order valence-electron chi connectivity index (χ0n) is 10.4. The quantitative estimate of drug-likeness (QED) is 0.687. The molecule has 1 aromatic carbocycles. The van der Waals surface area contributed by atoms with Gasteiger partial charge < -0.3 is 15.7 Å². The van der Waals surface area contributed by atoms with Gasteiger partial charge in [-0.15, -0.1) is 0 Å². The fraction of sp³-hybridized carbons (Fsp3) is 0.462. The molecule has 0 heterocycles. The summed E-state index contributed by atoms with van der Waals surface area (Å²) in [6, 6.07) is 7.53. The lowest BCUT2D eigenvalue weighted by atomic mass is 10.0. The predicted molar refractivity (Wildman–Crippen MR) is 69.3 cm³/mol. The minimum Gasteiger partial charge on any atom is -0.396 e. The monoisotopic (exact) mass is 236 g/mol. The van der Waals surface area contributed by atoms with Gasteiger partial charge in [-0.1, -0.05) is 32.0 Å². The molecular formula is C13H20N2O2. The van der Waals surface area contributed by atoms with Gasteiger partial charge in [-0.05, 0) is 24.0 Å². The number of urea groups is 1. The van der Waals surface area contributed by atoms with Crippen LogP contribution in [0.4, 0.5) is 10.5 Å². The molecule has 0 fully saturated rings. The minimum atomic E-state index is -0.230. The molecular weight excluding hydrogens is 216 g/mol. The Bertz CT molecular complexity index is 364. The van der Waals surface area contributed by atoms with Crippen molar-refractivity contribution in [3.05, 3.63) is 29.8 Å². The molecule has 0 bridgehead atoms. The highest BCUT2D eigenvalue weighted by Crippen LogP contribution is 2.23. The number of nitrogens with one attached hydrogen (secondary N) is 2. The third-order valence-corrected chi connectivity index (χ3v) is 2.45. The van der Waals surface area contributed by atoms with Gasteiger partial charge in [0.1, 0.15) is 0 Å². The van der Waals surface area contributed by atoms with Gasteiger partial charge in [-0.2, -0.15) is 0 Å². The Morgan fingerprint density at radius 3 is 2.71 bits per heavy atom. The van der Waals surface area contributed by atoms with E-state index in [1.807, 2.05) is 24.3 Å². The third kappa shape index (κ3) is 4.44. The number of carbonyl (C=O) groups excluding carboxylic acids is 1. The van der Waals surface area contributed by atoms with E-state index in [1.54, 1.807) is 0 Å². The molecule has 1 aromatic rings. The van der Waals surface area contributed by atoms with Crippen molar-refractivity contribution in [2.45, 2.75) is 26.2 Å². The Morgan fingerprint density at radius 1 is 1.35 bits per heavy atom. The number of aliphatic hydroxyl groups is 1. The summed E-state index contributed by atoms with van der Waals surface area (Å²) < 4.78 is 0. The number of carbonyl (C=O) groups is 1. The average molecular weight is 236 g/mol. The van der Waals surface area contributed by atoms with Crippen molar-refractivity contribution < 1.29 is 9.90 Å². The highest BCUT2D eigenvalue weighted by atomic mass is 16.3. The van der Waals surface area contributed by atoms with E-state index in [0.29, 0.717) is 18.9 Å². The Kier molecular flexibility index (Phi) is 5.49. The van der Waals surface area contributed by atoms with Crippen LogP contribution < -0.4 is 10.6 Å². The van der Waals surface area contributed by atoms with Crippen molar-refractivity contribution in [2.75, 3.05) is 18.5 Å². The SMILES string of the molecule is CC(C)c1ccccc1NC(=O)NCCCO. The molecule has 0 aliphatic rings. The number of anilines is 1. The van der Waals surface area contributed by atoms with E-state index < -0.39 is 0 Å².